The summed E-state index contributed by atoms with van der Waals surface area (Å²) >= 11 is 0. The molecule has 0 unspecified atom stereocenters. The van der Waals surface area contributed by atoms with E-state index >= 15 is 0 Å². The highest BCUT2D eigenvalue weighted by Crippen LogP contribution is 2.30. The summed E-state index contributed by atoms with van der Waals surface area (Å²) in [6.07, 6.45) is 3.89. The van der Waals surface area contributed by atoms with Crippen molar-refractivity contribution < 1.29 is 32.5 Å². The zero-order valence-electron chi connectivity index (χ0n) is 15.9. The first kappa shape index (κ1) is 21.2. The van der Waals surface area contributed by atoms with E-state index in [0.29, 0.717) is 18.1 Å². The van der Waals surface area contributed by atoms with Crippen LogP contribution in [0, 0.1) is 0 Å². The summed E-state index contributed by atoms with van der Waals surface area (Å²) in [6.45, 7) is -0.386. The van der Waals surface area contributed by atoms with E-state index in [1.54, 1.807) is 31.4 Å². The van der Waals surface area contributed by atoms with E-state index in [0.717, 1.165) is 12.0 Å². The van der Waals surface area contributed by atoms with Crippen LogP contribution in [0.3, 0.4) is 0 Å². The average molecular weight is 392 g/mol. The molecule has 0 bridgehead atoms. The fraction of sp³-hybridized carbons (Fsp3) is 0.286. The summed E-state index contributed by atoms with van der Waals surface area (Å²) in [5, 5.41) is 0. The third-order valence-corrected chi connectivity index (χ3v) is 3.74. The molecule has 0 saturated carbocycles. The first-order valence-electron chi connectivity index (χ1n) is 8.64. The van der Waals surface area contributed by atoms with Crippen LogP contribution in [0.4, 0.5) is 8.78 Å². The molecular formula is C21H22F2O5. The predicted molar refractivity (Wildman–Crippen MR) is 102 cm³/mol. The molecule has 0 spiro atoms. The summed E-state index contributed by atoms with van der Waals surface area (Å²) in [4.78, 5) is 12.4. The van der Waals surface area contributed by atoms with Crippen LogP contribution >= 0.6 is 0 Å². The third kappa shape index (κ3) is 5.70. The molecule has 0 N–H and O–H groups in total. The summed E-state index contributed by atoms with van der Waals surface area (Å²) in [6, 6.07) is 9.36. The number of ether oxygens (including phenoxy) is 4. The second-order valence-electron chi connectivity index (χ2n) is 5.70. The largest absolute Gasteiger partial charge is 0.493 e. The standard InChI is InChI=1S/C21H22F2O5/c1-4-11-27-17-9-6-14(12-19(17)25-2)5-8-16(24)15-7-10-18(28-21(22)23)20(13-15)26-3/h5-10,12-13,21H,4,11H2,1-3H3/b8-5+. The number of benzene rings is 2. The van der Waals surface area contributed by atoms with Crippen molar-refractivity contribution in [3.05, 3.63) is 53.6 Å². The van der Waals surface area contributed by atoms with Crippen molar-refractivity contribution in [2.75, 3.05) is 20.8 Å². The van der Waals surface area contributed by atoms with Crippen molar-refractivity contribution in [2.24, 2.45) is 0 Å². The number of alkyl halides is 2. The molecule has 0 saturated heterocycles. The van der Waals surface area contributed by atoms with Gasteiger partial charge in [0.05, 0.1) is 20.8 Å². The molecule has 7 heteroatoms. The molecule has 0 aliphatic rings. The number of carbonyl (C=O) groups excluding carboxylic acids is 1. The van der Waals surface area contributed by atoms with Crippen molar-refractivity contribution in [1.29, 1.82) is 0 Å². The van der Waals surface area contributed by atoms with Crippen LogP contribution in [0.2, 0.25) is 0 Å². The fourth-order valence-electron chi connectivity index (χ4n) is 2.40. The molecule has 0 aliphatic heterocycles. The number of ketones is 1. The number of carbonyl (C=O) groups is 1. The lowest BCUT2D eigenvalue weighted by atomic mass is 10.1. The lowest BCUT2D eigenvalue weighted by Crippen LogP contribution is -2.04. The van der Waals surface area contributed by atoms with Gasteiger partial charge in [-0.1, -0.05) is 19.1 Å². The smallest absolute Gasteiger partial charge is 0.387 e. The SMILES string of the molecule is CCCOc1ccc(/C=C/C(=O)c2ccc(OC(F)F)c(OC)c2)cc1OC. The normalized spacial score (nSPS) is 10.9. The first-order chi connectivity index (χ1) is 13.5. The topological polar surface area (TPSA) is 54.0 Å². The van der Waals surface area contributed by atoms with Gasteiger partial charge in [0.15, 0.2) is 28.8 Å². The zero-order chi connectivity index (χ0) is 20.5. The van der Waals surface area contributed by atoms with Crippen LogP contribution in [0.15, 0.2) is 42.5 Å². The minimum atomic E-state index is -2.98. The van der Waals surface area contributed by atoms with E-state index in [-0.39, 0.29) is 22.8 Å². The Labute approximate surface area is 162 Å². The van der Waals surface area contributed by atoms with E-state index in [2.05, 4.69) is 4.74 Å². The van der Waals surface area contributed by atoms with Crippen molar-refractivity contribution in [3.8, 4) is 23.0 Å². The Bertz CT molecular complexity index is 834. The molecule has 150 valence electrons. The molecule has 0 aromatic heterocycles. The summed E-state index contributed by atoms with van der Waals surface area (Å²) in [5.74, 6) is 0.807. The van der Waals surface area contributed by atoms with E-state index in [1.165, 1.54) is 31.4 Å². The molecule has 0 atom stereocenters. The van der Waals surface area contributed by atoms with Gasteiger partial charge in [-0.05, 0) is 48.4 Å². The number of methoxy groups -OCH3 is 2. The minimum Gasteiger partial charge on any atom is -0.493 e. The second kappa shape index (κ2) is 10.3. The zero-order valence-corrected chi connectivity index (χ0v) is 15.9. The molecule has 2 rings (SSSR count). The van der Waals surface area contributed by atoms with Crippen LogP contribution in [-0.4, -0.2) is 33.2 Å². The maximum absolute atomic E-state index is 12.4. The monoisotopic (exact) mass is 392 g/mol. The first-order valence-corrected chi connectivity index (χ1v) is 8.64. The third-order valence-electron chi connectivity index (χ3n) is 3.74. The van der Waals surface area contributed by atoms with Crippen LogP contribution < -0.4 is 18.9 Å². The minimum absolute atomic E-state index is 0.0543. The number of rotatable bonds is 10. The number of allylic oxidation sites excluding steroid dienone is 1. The lowest BCUT2D eigenvalue weighted by molar-refractivity contribution is -0.0512. The van der Waals surface area contributed by atoms with Gasteiger partial charge in [0.2, 0.25) is 0 Å². The van der Waals surface area contributed by atoms with Gasteiger partial charge in [0.1, 0.15) is 0 Å². The van der Waals surface area contributed by atoms with E-state index in [4.69, 9.17) is 14.2 Å². The van der Waals surface area contributed by atoms with E-state index in [9.17, 15) is 13.6 Å². The summed E-state index contributed by atoms with van der Waals surface area (Å²) < 4.78 is 45.0. The maximum atomic E-state index is 12.4. The van der Waals surface area contributed by atoms with Gasteiger partial charge in [-0.2, -0.15) is 8.78 Å². The predicted octanol–water partition coefficient (Wildman–Crippen LogP) is 4.99. The quantitative estimate of drug-likeness (QED) is 0.421. The molecule has 0 amide bonds. The van der Waals surface area contributed by atoms with E-state index < -0.39 is 6.61 Å². The van der Waals surface area contributed by atoms with E-state index in [1.807, 2.05) is 6.92 Å². The van der Waals surface area contributed by atoms with Crippen LogP contribution in [-0.2, 0) is 0 Å². The van der Waals surface area contributed by atoms with Gasteiger partial charge in [0, 0.05) is 5.56 Å². The van der Waals surface area contributed by atoms with Gasteiger partial charge in [-0.25, -0.2) is 0 Å². The Morgan fingerprint density at radius 1 is 1.00 bits per heavy atom. The van der Waals surface area contributed by atoms with Gasteiger partial charge in [-0.15, -0.1) is 0 Å². The van der Waals surface area contributed by atoms with Crippen molar-refractivity contribution >= 4 is 11.9 Å². The fourth-order valence-corrected chi connectivity index (χ4v) is 2.40. The van der Waals surface area contributed by atoms with Gasteiger partial charge < -0.3 is 18.9 Å². The molecular weight excluding hydrogens is 370 g/mol. The molecule has 28 heavy (non-hydrogen) atoms. The highest BCUT2D eigenvalue weighted by Gasteiger charge is 2.13. The Kier molecular flexibility index (Phi) is 7.80. The van der Waals surface area contributed by atoms with Crippen molar-refractivity contribution in [3.63, 3.8) is 0 Å². The molecule has 2 aromatic carbocycles. The Balaban J connectivity index is 2.16. The molecule has 2 aromatic rings. The van der Waals surface area contributed by atoms with Crippen molar-refractivity contribution in [1.82, 2.24) is 0 Å². The Morgan fingerprint density at radius 3 is 2.32 bits per heavy atom. The molecule has 5 nitrogen and oxygen atoms in total. The lowest BCUT2D eigenvalue weighted by Gasteiger charge is -2.11. The second-order valence-corrected chi connectivity index (χ2v) is 5.70. The molecule has 0 fully saturated rings. The molecule has 0 aliphatic carbocycles. The van der Waals surface area contributed by atoms with Crippen LogP contribution in [0.5, 0.6) is 23.0 Å². The summed E-state index contributed by atoms with van der Waals surface area (Å²) in [7, 11) is 2.86. The molecule has 0 heterocycles. The van der Waals surface area contributed by atoms with Gasteiger partial charge in [-0.3, -0.25) is 4.79 Å². The van der Waals surface area contributed by atoms with Gasteiger partial charge in [0.25, 0.3) is 0 Å². The van der Waals surface area contributed by atoms with Crippen LogP contribution in [0.25, 0.3) is 6.08 Å². The average Bonchev–Trinajstić information content (AvgIpc) is 2.70. The summed E-state index contributed by atoms with van der Waals surface area (Å²) in [5.41, 5.74) is 1.03. The van der Waals surface area contributed by atoms with Crippen molar-refractivity contribution in [2.45, 2.75) is 20.0 Å². The highest BCUT2D eigenvalue weighted by atomic mass is 19.3. The maximum Gasteiger partial charge on any atom is 0.387 e. The Morgan fingerprint density at radius 2 is 1.68 bits per heavy atom. The van der Waals surface area contributed by atoms with Crippen LogP contribution in [0.1, 0.15) is 29.3 Å². The number of halogens is 2. The van der Waals surface area contributed by atoms with Gasteiger partial charge >= 0.3 is 6.61 Å². The number of hydrogen-bond acceptors (Lipinski definition) is 5. The number of hydrogen-bond donors (Lipinski definition) is 0. The highest BCUT2D eigenvalue weighted by molar-refractivity contribution is 6.07. The Hall–Kier alpha value is -3.09. The molecule has 0 radical (unpaired) electrons.